The number of hydrogen-bond acceptors (Lipinski definition) is 7. The van der Waals surface area contributed by atoms with Crippen LogP contribution in [0, 0.1) is 17.8 Å². The lowest BCUT2D eigenvalue weighted by Gasteiger charge is -2.35. The van der Waals surface area contributed by atoms with Crippen molar-refractivity contribution in [1.82, 2.24) is 14.9 Å². The first-order chi connectivity index (χ1) is 24.8. The van der Waals surface area contributed by atoms with E-state index in [2.05, 4.69) is 23.0 Å². The van der Waals surface area contributed by atoms with Crippen molar-refractivity contribution < 1.29 is 24.2 Å². The summed E-state index contributed by atoms with van der Waals surface area (Å²) in [4.78, 5) is 49.7. The van der Waals surface area contributed by atoms with Gasteiger partial charge in [0.1, 0.15) is 18.1 Å². The van der Waals surface area contributed by atoms with Crippen molar-refractivity contribution in [2.24, 2.45) is 17.8 Å². The van der Waals surface area contributed by atoms with Crippen LogP contribution in [0.4, 0.5) is 0 Å². The molecule has 2 aromatic carbocycles. The Morgan fingerprint density at radius 3 is 2.18 bits per heavy atom. The molecule has 2 aliphatic rings. The molecule has 2 aliphatic carbocycles. The number of aliphatic carboxylic acids is 1. The van der Waals surface area contributed by atoms with Crippen LogP contribution >= 0.6 is 11.3 Å². The third kappa shape index (κ3) is 9.58. The number of carboxylic acid groups (broad SMARTS) is 1. The fraction of sp³-hybridized carbons (Fsp3) is 0.405. The number of amides is 1. The van der Waals surface area contributed by atoms with E-state index in [0.717, 1.165) is 63.5 Å². The van der Waals surface area contributed by atoms with Gasteiger partial charge in [-0.3, -0.25) is 14.4 Å². The molecule has 6 rings (SSSR count). The number of thiophene rings is 1. The number of carbonyl (C=O) groups is 3. The van der Waals surface area contributed by atoms with Gasteiger partial charge in [-0.05, 0) is 90.8 Å². The molecule has 8 nitrogen and oxygen atoms in total. The highest BCUT2D eigenvalue weighted by Crippen LogP contribution is 2.41. The number of aromatic nitrogens is 2. The lowest BCUT2D eigenvalue weighted by Crippen LogP contribution is -2.34. The molecule has 1 fully saturated rings. The fourth-order valence-corrected chi connectivity index (χ4v) is 8.57. The maximum absolute atomic E-state index is 13.5. The molecule has 0 spiro atoms. The summed E-state index contributed by atoms with van der Waals surface area (Å²) in [6.07, 6.45) is 17.1. The molecular formula is C42H47N3O5S. The van der Waals surface area contributed by atoms with Crippen molar-refractivity contribution in [3.63, 3.8) is 0 Å². The van der Waals surface area contributed by atoms with E-state index in [4.69, 9.17) is 4.74 Å². The Morgan fingerprint density at radius 2 is 1.55 bits per heavy atom. The first-order valence-electron chi connectivity index (χ1n) is 18.1. The average Bonchev–Trinajstić information content (AvgIpc) is 3.63. The van der Waals surface area contributed by atoms with E-state index in [9.17, 15) is 19.5 Å². The highest BCUT2D eigenvalue weighted by atomic mass is 32.1. The molecule has 4 aromatic rings. The third-order valence-corrected chi connectivity index (χ3v) is 11.7. The normalized spacial score (nSPS) is 18.9. The largest absolute Gasteiger partial charge is 0.497 e. The molecule has 0 bridgehead atoms. The van der Waals surface area contributed by atoms with Crippen LogP contribution in [-0.2, 0) is 29.0 Å². The zero-order valence-corrected chi connectivity index (χ0v) is 30.4. The zero-order chi connectivity index (χ0) is 35.7. The Morgan fingerprint density at radius 1 is 0.843 bits per heavy atom. The number of methoxy groups -OCH3 is 1. The van der Waals surface area contributed by atoms with E-state index in [1.807, 2.05) is 60.9 Å². The molecule has 1 unspecified atom stereocenters. The number of ketones is 1. The molecule has 0 saturated heterocycles. The molecule has 51 heavy (non-hydrogen) atoms. The third-order valence-electron chi connectivity index (χ3n) is 10.6. The number of carboxylic acids is 1. The minimum absolute atomic E-state index is 0.0289. The summed E-state index contributed by atoms with van der Waals surface area (Å²) < 4.78 is 5.18. The summed E-state index contributed by atoms with van der Waals surface area (Å²) >= 11 is 1.22. The second-order valence-corrected chi connectivity index (χ2v) is 15.2. The van der Waals surface area contributed by atoms with Gasteiger partial charge in [-0.15, -0.1) is 11.3 Å². The van der Waals surface area contributed by atoms with E-state index in [0.29, 0.717) is 10.7 Å². The molecule has 266 valence electrons. The quantitative estimate of drug-likeness (QED) is 0.140. The van der Waals surface area contributed by atoms with Crippen LogP contribution in [0.3, 0.4) is 0 Å². The number of rotatable bonds is 14. The summed E-state index contributed by atoms with van der Waals surface area (Å²) in [6.45, 7) is 2.02. The summed E-state index contributed by atoms with van der Waals surface area (Å²) in [5, 5.41) is 9.59. The molecular weight excluding hydrogens is 659 g/mol. The zero-order valence-electron chi connectivity index (χ0n) is 29.6. The lowest BCUT2D eigenvalue weighted by molar-refractivity contribution is -0.137. The van der Waals surface area contributed by atoms with E-state index in [1.165, 1.54) is 60.3 Å². The highest BCUT2D eigenvalue weighted by molar-refractivity contribution is 7.14. The number of Topliss-reactive ketones (excluding diaryl/α,β-unsaturated/α-hetero) is 1. The van der Waals surface area contributed by atoms with Crippen molar-refractivity contribution in [2.75, 3.05) is 13.7 Å². The summed E-state index contributed by atoms with van der Waals surface area (Å²) in [5.41, 5.74) is 4.97. The first-order valence-corrected chi connectivity index (χ1v) is 18.9. The molecule has 2 aromatic heterocycles. The van der Waals surface area contributed by atoms with Crippen molar-refractivity contribution in [2.45, 2.75) is 77.7 Å². The van der Waals surface area contributed by atoms with Crippen LogP contribution in [-0.4, -0.2) is 51.3 Å². The van der Waals surface area contributed by atoms with Gasteiger partial charge in [0.05, 0.1) is 12.0 Å². The minimum Gasteiger partial charge on any atom is -0.497 e. The maximum Gasteiger partial charge on any atom is 0.323 e. The second kappa shape index (κ2) is 17.1. The van der Waals surface area contributed by atoms with Gasteiger partial charge >= 0.3 is 5.97 Å². The Balaban J connectivity index is 1.03. The molecule has 2 heterocycles. The average molecular weight is 706 g/mol. The molecule has 1 atom stereocenters. The number of benzene rings is 2. The molecule has 0 radical (unpaired) electrons. The van der Waals surface area contributed by atoms with Crippen LogP contribution in [0.15, 0.2) is 79.1 Å². The van der Waals surface area contributed by atoms with Crippen molar-refractivity contribution in [3.05, 3.63) is 106 Å². The molecule has 1 saturated carbocycles. The first kappa shape index (κ1) is 36.2. The van der Waals surface area contributed by atoms with E-state index in [1.54, 1.807) is 19.2 Å². The van der Waals surface area contributed by atoms with E-state index >= 15 is 0 Å². The van der Waals surface area contributed by atoms with Gasteiger partial charge in [0.25, 0.3) is 5.91 Å². The van der Waals surface area contributed by atoms with Gasteiger partial charge in [-0.25, -0.2) is 9.97 Å². The van der Waals surface area contributed by atoms with Gasteiger partial charge in [0.15, 0.2) is 5.82 Å². The molecule has 1 amide bonds. The Bertz CT molecular complexity index is 1820. The second-order valence-electron chi connectivity index (χ2n) is 14.0. The van der Waals surface area contributed by atoms with Crippen LogP contribution in [0.1, 0.15) is 89.5 Å². The minimum atomic E-state index is -1.09. The number of ether oxygens (including phenoxy) is 1. The van der Waals surface area contributed by atoms with Gasteiger partial charge in [-0.1, -0.05) is 68.7 Å². The summed E-state index contributed by atoms with van der Waals surface area (Å²) in [5.74, 6) is 2.53. The van der Waals surface area contributed by atoms with Gasteiger partial charge in [-0.2, -0.15) is 0 Å². The lowest BCUT2D eigenvalue weighted by atomic mass is 9.71. The summed E-state index contributed by atoms with van der Waals surface area (Å²) in [7, 11) is 1.60. The van der Waals surface area contributed by atoms with Crippen molar-refractivity contribution >= 4 is 34.6 Å². The van der Waals surface area contributed by atoms with Crippen molar-refractivity contribution in [1.29, 1.82) is 0 Å². The predicted molar refractivity (Wildman–Crippen MR) is 201 cm³/mol. The van der Waals surface area contributed by atoms with E-state index < -0.39 is 12.5 Å². The molecule has 1 N–H and O–H groups in total. The van der Waals surface area contributed by atoms with Crippen LogP contribution in [0.25, 0.3) is 17.0 Å². The maximum atomic E-state index is 13.5. The number of hydrogen-bond donors (Lipinski definition) is 1. The smallest absolute Gasteiger partial charge is 0.323 e. The Kier molecular flexibility index (Phi) is 12.1. The van der Waals surface area contributed by atoms with Gasteiger partial charge in [0, 0.05) is 47.8 Å². The highest BCUT2D eigenvalue weighted by Gasteiger charge is 2.28. The monoisotopic (exact) mass is 705 g/mol. The topological polar surface area (TPSA) is 110 Å². The predicted octanol–water partition coefficient (Wildman–Crippen LogP) is 8.69. The van der Waals surface area contributed by atoms with Crippen molar-refractivity contribution in [3.8, 4) is 17.1 Å². The number of nitrogens with zero attached hydrogens (tertiary/aromatic N) is 3. The fourth-order valence-electron chi connectivity index (χ4n) is 7.57. The van der Waals surface area contributed by atoms with Gasteiger partial charge in [0.2, 0.25) is 0 Å². The number of allylic oxidation sites excluding steroid dienone is 2. The molecule has 0 aliphatic heterocycles. The van der Waals surface area contributed by atoms with E-state index in [-0.39, 0.29) is 31.1 Å². The Hall–Kier alpha value is -4.63. The van der Waals surface area contributed by atoms with Crippen LogP contribution in [0.5, 0.6) is 5.75 Å². The Labute approximate surface area is 304 Å². The standard InChI is InChI=1S/C42H47N3O5S/c1-3-28-4-10-31(11-5-28)32-14-16-33(17-15-32)35-24-43-41(44-25-35)34-12-6-30(7-13-34)26-45(27-40(47)48)42(49)39-21-20-38(51-39)23-36(46)22-29-8-18-37(50-2)19-9-29/h6-9,12-13,16,18-21,24-25,28,31-32H,3-5,10-11,14-15,17,22-23,26-27H2,1-2H3,(H,47,48). The summed E-state index contributed by atoms with van der Waals surface area (Å²) in [6, 6.07) is 18.4. The molecule has 9 heteroatoms. The van der Waals surface area contributed by atoms with Crippen LogP contribution in [0.2, 0.25) is 0 Å². The SMILES string of the molecule is CCC1CCC(C2CC=C(c3cnc(-c4ccc(CN(CC(=O)O)C(=O)c5ccc(CC(=O)Cc6ccc(OC)cc6)s5)cc4)nc3)CC2)CC1. The van der Waals surface area contributed by atoms with Crippen LogP contribution < -0.4 is 4.74 Å². The number of carbonyl (C=O) groups excluding carboxylic acids is 2. The van der Waals surface area contributed by atoms with Gasteiger partial charge < -0.3 is 14.7 Å².